The number of aromatic amines is 1. The van der Waals surface area contributed by atoms with Crippen LogP contribution in [-0.4, -0.2) is 9.55 Å². The smallest absolute Gasteiger partial charge is 0.288 e. The van der Waals surface area contributed by atoms with Crippen LogP contribution >= 0.6 is 0 Å². The van der Waals surface area contributed by atoms with E-state index in [1.807, 2.05) is 57.2 Å². The van der Waals surface area contributed by atoms with E-state index in [9.17, 15) is 9.59 Å². The molecule has 0 spiro atoms. The second kappa shape index (κ2) is 4.07. The summed E-state index contributed by atoms with van der Waals surface area (Å²) in [5.74, 6) is 0. The van der Waals surface area contributed by atoms with E-state index in [0.717, 1.165) is 10.8 Å². The molecule has 3 aromatic rings. The summed E-state index contributed by atoms with van der Waals surface area (Å²) in [5.41, 5.74) is -0.436. The minimum atomic E-state index is -0.401. The highest BCUT2D eigenvalue weighted by molar-refractivity contribution is 5.96. The zero-order valence-electron chi connectivity index (χ0n) is 11.7. The van der Waals surface area contributed by atoms with Gasteiger partial charge in [-0.05, 0) is 43.7 Å². The Morgan fingerprint density at radius 2 is 1.60 bits per heavy atom. The largest absolute Gasteiger partial charge is 0.329 e. The van der Waals surface area contributed by atoms with Gasteiger partial charge in [0.1, 0.15) is 0 Å². The Morgan fingerprint density at radius 3 is 2.20 bits per heavy atom. The van der Waals surface area contributed by atoms with Crippen molar-refractivity contribution in [2.75, 3.05) is 0 Å². The molecule has 0 fully saturated rings. The lowest BCUT2D eigenvalue weighted by Crippen LogP contribution is -2.39. The molecule has 4 heteroatoms. The van der Waals surface area contributed by atoms with E-state index in [4.69, 9.17) is 0 Å². The van der Waals surface area contributed by atoms with Gasteiger partial charge in [-0.25, -0.2) is 4.79 Å². The molecule has 102 valence electrons. The molecule has 0 saturated heterocycles. The topological polar surface area (TPSA) is 54.9 Å². The molecule has 20 heavy (non-hydrogen) atoms. The van der Waals surface area contributed by atoms with Crippen molar-refractivity contribution in [2.45, 2.75) is 26.3 Å². The predicted molar refractivity (Wildman–Crippen MR) is 81.3 cm³/mol. The van der Waals surface area contributed by atoms with Gasteiger partial charge in [0.15, 0.2) is 0 Å². The molecule has 0 amide bonds. The maximum absolute atomic E-state index is 12.1. The van der Waals surface area contributed by atoms with Crippen LogP contribution in [0.2, 0.25) is 0 Å². The first-order valence-electron chi connectivity index (χ1n) is 6.56. The van der Waals surface area contributed by atoms with Crippen molar-refractivity contribution in [2.24, 2.45) is 0 Å². The van der Waals surface area contributed by atoms with Gasteiger partial charge in [-0.3, -0.25) is 14.3 Å². The van der Waals surface area contributed by atoms with Crippen molar-refractivity contribution < 1.29 is 0 Å². The lowest BCUT2D eigenvalue weighted by atomic mass is 10.0. The molecule has 3 rings (SSSR count). The molecular weight excluding hydrogens is 252 g/mol. The van der Waals surface area contributed by atoms with Gasteiger partial charge in [-0.2, -0.15) is 0 Å². The minimum absolute atomic E-state index is 0.337. The Morgan fingerprint density at radius 1 is 1.00 bits per heavy atom. The maximum Gasteiger partial charge on any atom is 0.329 e. The quantitative estimate of drug-likeness (QED) is 0.637. The SMILES string of the molecule is CC(C)(C)n1c(=O)[nH]c(=O)c2cc3ccccc3cc21. The number of H-pyrrole nitrogens is 1. The fraction of sp³-hybridized carbons (Fsp3) is 0.250. The number of rotatable bonds is 0. The number of benzene rings is 2. The molecule has 1 N–H and O–H groups in total. The summed E-state index contributed by atoms with van der Waals surface area (Å²) in [7, 11) is 0. The van der Waals surface area contributed by atoms with Crippen LogP contribution in [0, 0.1) is 0 Å². The van der Waals surface area contributed by atoms with E-state index < -0.39 is 5.54 Å². The van der Waals surface area contributed by atoms with Crippen LogP contribution in [-0.2, 0) is 5.54 Å². The van der Waals surface area contributed by atoms with Crippen LogP contribution in [0.3, 0.4) is 0 Å². The summed E-state index contributed by atoms with van der Waals surface area (Å²) in [4.78, 5) is 26.6. The van der Waals surface area contributed by atoms with Crippen molar-refractivity contribution in [3.8, 4) is 0 Å². The minimum Gasteiger partial charge on any atom is -0.288 e. The number of aromatic nitrogens is 2. The third kappa shape index (κ3) is 1.84. The third-order valence-corrected chi connectivity index (χ3v) is 3.44. The van der Waals surface area contributed by atoms with E-state index in [2.05, 4.69) is 4.98 Å². The molecule has 2 aromatic carbocycles. The number of hydrogen-bond acceptors (Lipinski definition) is 2. The van der Waals surface area contributed by atoms with Crippen LogP contribution in [0.5, 0.6) is 0 Å². The Bertz CT molecular complexity index is 927. The van der Waals surface area contributed by atoms with E-state index in [0.29, 0.717) is 10.9 Å². The summed E-state index contributed by atoms with van der Waals surface area (Å²) < 4.78 is 1.64. The first kappa shape index (κ1) is 12.7. The lowest BCUT2D eigenvalue weighted by molar-refractivity contribution is 0.391. The summed E-state index contributed by atoms with van der Waals surface area (Å²) in [6.07, 6.45) is 0. The molecule has 0 atom stereocenters. The summed E-state index contributed by atoms with van der Waals surface area (Å²) in [6, 6.07) is 11.6. The molecule has 1 aromatic heterocycles. The second-order valence-corrected chi connectivity index (χ2v) is 5.98. The van der Waals surface area contributed by atoms with Gasteiger partial charge in [0, 0.05) is 5.54 Å². The third-order valence-electron chi connectivity index (χ3n) is 3.44. The van der Waals surface area contributed by atoms with Crippen LogP contribution < -0.4 is 11.2 Å². The average Bonchev–Trinajstić information content (AvgIpc) is 2.35. The maximum atomic E-state index is 12.1. The monoisotopic (exact) mass is 268 g/mol. The number of hydrogen-bond donors (Lipinski definition) is 1. The predicted octanol–water partition coefficient (Wildman–Crippen LogP) is 2.60. The number of nitrogens with one attached hydrogen (secondary N) is 1. The van der Waals surface area contributed by atoms with Gasteiger partial charge >= 0.3 is 5.69 Å². The standard InChI is InChI=1S/C16H16N2O2/c1-16(2,3)18-13-9-11-7-5-4-6-10(11)8-12(13)14(19)17-15(18)20/h4-9H,1-3H3,(H,17,19,20). The van der Waals surface area contributed by atoms with E-state index in [1.54, 1.807) is 4.57 Å². The molecule has 0 aliphatic rings. The van der Waals surface area contributed by atoms with Gasteiger partial charge in [-0.1, -0.05) is 24.3 Å². The Balaban J connectivity index is 2.61. The summed E-state index contributed by atoms with van der Waals surface area (Å²) in [5, 5.41) is 2.55. The van der Waals surface area contributed by atoms with Gasteiger partial charge in [-0.15, -0.1) is 0 Å². The molecule has 0 saturated carbocycles. The Kier molecular flexibility index (Phi) is 2.57. The van der Waals surface area contributed by atoms with E-state index in [1.165, 1.54) is 0 Å². The fourth-order valence-electron chi connectivity index (χ4n) is 2.59. The van der Waals surface area contributed by atoms with Crippen LogP contribution in [0.1, 0.15) is 20.8 Å². The van der Waals surface area contributed by atoms with Crippen molar-refractivity contribution in [3.63, 3.8) is 0 Å². The highest BCUT2D eigenvalue weighted by Crippen LogP contribution is 2.23. The van der Waals surface area contributed by atoms with Gasteiger partial charge < -0.3 is 0 Å². The van der Waals surface area contributed by atoms with E-state index in [-0.39, 0.29) is 11.2 Å². The summed E-state index contributed by atoms with van der Waals surface area (Å²) >= 11 is 0. The molecule has 0 aliphatic heterocycles. The molecule has 0 radical (unpaired) electrons. The fourth-order valence-corrected chi connectivity index (χ4v) is 2.59. The molecule has 1 heterocycles. The number of fused-ring (bicyclic) bond motifs is 2. The van der Waals surface area contributed by atoms with Crippen LogP contribution in [0.15, 0.2) is 46.0 Å². The van der Waals surface area contributed by atoms with Gasteiger partial charge in [0.25, 0.3) is 5.56 Å². The molecule has 0 unspecified atom stereocenters. The molecule has 0 bridgehead atoms. The van der Waals surface area contributed by atoms with Gasteiger partial charge in [0.2, 0.25) is 0 Å². The second-order valence-electron chi connectivity index (χ2n) is 5.98. The van der Waals surface area contributed by atoms with Crippen LogP contribution in [0.25, 0.3) is 21.7 Å². The zero-order valence-corrected chi connectivity index (χ0v) is 11.7. The van der Waals surface area contributed by atoms with Crippen LogP contribution in [0.4, 0.5) is 0 Å². The first-order chi connectivity index (χ1) is 9.38. The Hall–Kier alpha value is -2.36. The lowest BCUT2D eigenvalue weighted by Gasteiger charge is -2.24. The van der Waals surface area contributed by atoms with Crippen molar-refractivity contribution >= 4 is 21.7 Å². The highest BCUT2D eigenvalue weighted by Gasteiger charge is 2.19. The van der Waals surface area contributed by atoms with Crippen molar-refractivity contribution in [3.05, 3.63) is 57.2 Å². The molecule has 0 aliphatic carbocycles. The molecule has 4 nitrogen and oxygen atoms in total. The van der Waals surface area contributed by atoms with Crippen molar-refractivity contribution in [1.29, 1.82) is 0 Å². The van der Waals surface area contributed by atoms with E-state index >= 15 is 0 Å². The zero-order chi connectivity index (χ0) is 14.5. The molecular formula is C16H16N2O2. The normalized spacial score (nSPS) is 12.2. The number of nitrogens with zero attached hydrogens (tertiary/aromatic N) is 1. The summed E-state index contributed by atoms with van der Waals surface area (Å²) in [6.45, 7) is 5.84. The average molecular weight is 268 g/mol. The highest BCUT2D eigenvalue weighted by atomic mass is 16.2. The van der Waals surface area contributed by atoms with Gasteiger partial charge in [0.05, 0.1) is 10.9 Å². The Labute approximate surface area is 115 Å². The first-order valence-corrected chi connectivity index (χ1v) is 6.56. The van der Waals surface area contributed by atoms with Crippen molar-refractivity contribution in [1.82, 2.24) is 9.55 Å².